The summed E-state index contributed by atoms with van der Waals surface area (Å²) in [5.41, 5.74) is 1.04. The van der Waals surface area contributed by atoms with Gasteiger partial charge in [-0.2, -0.15) is 0 Å². The second kappa shape index (κ2) is 15.1. The van der Waals surface area contributed by atoms with E-state index in [2.05, 4.69) is 47.8 Å². The SMILES string of the molecule is CCC[CH2][Sn](/[CH]=C/CN=CC#Cc1ccccc1)([CH2]CCC)[CH2]CCC. The molecule has 0 amide bonds. The molecule has 2 heteroatoms. The second-order valence-corrected chi connectivity index (χ2v) is 20.2. The van der Waals surface area contributed by atoms with E-state index in [1.807, 2.05) is 30.3 Å². The van der Waals surface area contributed by atoms with Gasteiger partial charge in [0, 0.05) is 0 Å². The zero-order valence-corrected chi connectivity index (χ0v) is 20.0. The van der Waals surface area contributed by atoms with E-state index in [1.165, 1.54) is 51.8 Å². The maximum absolute atomic E-state index is 4.48. The molecule has 0 N–H and O–H groups in total. The van der Waals surface area contributed by atoms with Gasteiger partial charge in [-0.1, -0.05) is 0 Å². The van der Waals surface area contributed by atoms with Crippen LogP contribution in [-0.4, -0.2) is 31.1 Å². The Hall–Kier alpha value is -1.01. The Kier molecular flexibility index (Phi) is 13.4. The zero-order valence-electron chi connectivity index (χ0n) is 17.1. The molecular formula is C24H37NSn. The Morgan fingerprint density at radius 3 is 2.00 bits per heavy atom. The van der Waals surface area contributed by atoms with Crippen molar-refractivity contribution in [1.82, 2.24) is 0 Å². The van der Waals surface area contributed by atoms with Crippen LogP contribution < -0.4 is 0 Å². The van der Waals surface area contributed by atoms with Gasteiger partial charge in [0.05, 0.1) is 0 Å². The summed E-state index contributed by atoms with van der Waals surface area (Å²) in [5, 5.41) is 0. The Labute approximate surface area is 166 Å². The Balaban J connectivity index is 2.63. The fourth-order valence-electron chi connectivity index (χ4n) is 3.31. The van der Waals surface area contributed by atoms with Gasteiger partial charge in [-0.3, -0.25) is 0 Å². The molecule has 0 aliphatic carbocycles. The molecule has 1 aromatic rings. The monoisotopic (exact) mass is 459 g/mol. The molecule has 0 aliphatic heterocycles. The molecule has 142 valence electrons. The van der Waals surface area contributed by atoms with Crippen LogP contribution in [0.3, 0.4) is 0 Å². The number of benzene rings is 1. The molecule has 0 aliphatic rings. The molecule has 1 rings (SSSR count). The summed E-state index contributed by atoms with van der Waals surface area (Å²) in [7, 11) is 0. The van der Waals surface area contributed by atoms with Crippen molar-refractivity contribution in [2.45, 2.75) is 72.6 Å². The van der Waals surface area contributed by atoms with E-state index in [0.717, 1.165) is 12.1 Å². The Bertz CT molecular complexity index is 555. The van der Waals surface area contributed by atoms with E-state index in [4.69, 9.17) is 0 Å². The second-order valence-electron chi connectivity index (χ2n) is 7.21. The van der Waals surface area contributed by atoms with Crippen molar-refractivity contribution in [2.75, 3.05) is 6.54 Å². The number of hydrogen-bond acceptors (Lipinski definition) is 1. The van der Waals surface area contributed by atoms with Crippen LogP contribution in [0, 0.1) is 11.8 Å². The average Bonchev–Trinajstić information content (AvgIpc) is 2.68. The van der Waals surface area contributed by atoms with Crippen LogP contribution >= 0.6 is 0 Å². The predicted molar refractivity (Wildman–Crippen MR) is 121 cm³/mol. The molecule has 0 spiro atoms. The van der Waals surface area contributed by atoms with E-state index in [9.17, 15) is 0 Å². The summed E-state index contributed by atoms with van der Waals surface area (Å²) in [6.45, 7) is 7.77. The van der Waals surface area contributed by atoms with Crippen molar-refractivity contribution in [2.24, 2.45) is 4.99 Å². The van der Waals surface area contributed by atoms with Gasteiger partial charge in [0.2, 0.25) is 0 Å². The van der Waals surface area contributed by atoms with Crippen molar-refractivity contribution in [3.05, 3.63) is 46.1 Å². The van der Waals surface area contributed by atoms with Gasteiger partial charge >= 0.3 is 167 Å². The molecule has 0 saturated heterocycles. The fraction of sp³-hybridized carbons (Fsp3) is 0.542. The summed E-state index contributed by atoms with van der Waals surface area (Å²) < 4.78 is 7.27. The summed E-state index contributed by atoms with van der Waals surface area (Å²) >= 11 is -2.12. The van der Waals surface area contributed by atoms with Gasteiger partial charge in [0.1, 0.15) is 0 Å². The van der Waals surface area contributed by atoms with Crippen molar-refractivity contribution < 1.29 is 0 Å². The first-order valence-corrected chi connectivity index (χ1v) is 18.2. The molecule has 0 radical (unpaired) electrons. The van der Waals surface area contributed by atoms with Gasteiger partial charge in [-0.05, 0) is 0 Å². The molecular weight excluding hydrogens is 421 g/mol. The quantitative estimate of drug-likeness (QED) is 0.181. The number of unbranched alkanes of at least 4 members (excludes halogenated alkanes) is 3. The van der Waals surface area contributed by atoms with E-state index in [0.29, 0.717) is 0 Å². The van der Waals surface area contributed by atoms with Crippen molar-refractivity contribution in [3.8, 4) is 11.8 Å². The molecule has 0 aromatic heterocycles. The summed E-state index contributed by atoms with van der Waals surface area (Å²) in [5.74, 6) is 6.17. The van der Waals surface area contributed by atoms with Crippen LogP contribution in [0.15, 0.2) is 45.5 Å². The number of rotatable bonds is 12. The third-order valence-corrected chi connectivity index (χ3v) is 19.2. The van der Waals surface area contributed by atoms with E-state index in [1.54, 1.807) is 6.21 Å². The van der Waals surface area contributed by atoms with Crippen LogP contribution in [0.2, 0.25) is 13.3 Å². The number of hydrogen-bond donors (Lipinski definition) is 0. The topological polar surface area (TPSA) is 12.4 Å². The maximum atomic E-state index is 4.48. The molecule has 0 atom stereocenters. The molecule has 0 saturated carbocycles. The van der Waals surface area contributed by atoms with E-state index in [-0.39, 0.29) is 0 Å². The van der Waals surface area contributed by atoms with Crippen LogP contribution in [0.25, 0.3) is 0 Å². The molecule has 0 fully saturated rings. The zero-order chi connectivity index (χ0) is 18.9. The minimum absolute atomic E-state index is 0.784. The third kappa shape index (κ3) is 10.2. The predicted octanol–water partition coefficient (Wildman–Crippen LogP) is 7.05. The van der Waals surface area contributed by atoms with Crippen molar-refractivity contribution in [1.29, 1.82) is 0 Å². The van der Waals surface area contributed by atoms with Gasteiger partial charge < -0.3 is 0 Å². The molecule has 0 bridgehead atoms. The standard InChI is InChI=1S/C12H10N.3C4H9.Sn/c1-2-10-13-11-6-9-12-7-4-3-5-8-12;3*1-3-4-2;/h1-5,7-8,11H,10H2;3*1,3-4H2,2H3;. The number of aliphatic imine (C=N–C) groups is 1. The van der Waals surface area contributed by atoms with Crippen molar-refractivity contribution >= 4 is 24.6 Å². The summed E-state index contributed by atoms with van der Waals surface area (Å²) in [6.07, 6.45) is 12.4. The molecule has 1 aromatic carbocycles. The Morgan fingerprint density at radius 2 is 1.46 bits per heavy atom. The Morgan fingerprint density at radius 1 is 0.885 bits per heavy atom. The molecule has 0 unspecified atom stereocenters. The van der Waals surface area contributed by atoms with Crippen LogP contribution in [-0.2, 0) is 0 Å². The van der Waals surface area contributed by atoms with Gasteiger partial charge in [0.15, 0.2) is 0 Å². The summed E-state index contributed by atoms with van der Waals surface area (Å²) in [4.78, 5) is 4.48. The normalized spacial score (nSPS) is 11.8. The van der Waals surface area contributed by atoms with Crippen LogP contribution in [0.1, 0.15) is 64.9 Å². The number of nitrogens with zero attached hydrogens (tertiary/aromatic N) is 1. The third-order valence-electron chi connectivity index (χ3n) is 4.91. The average molecular weight is 458 g/mol. The molecule has 1 nitrogen and oxygen atoms in total. The van der Waals surface area contributed by atoms with E-state index < -0.39 is 18.4 Å². The van der Waals surface area contributed by atoms with Gasteiger partial charge in [-0.25, -0.2) is 0 Å². The van der Waals surface area contributed by atoms with E-state index >= 15 is 0 Å². The van der Waals surface area contributed by atoms with Gasteiger partial charge in [-0.15, -0.1) is 0 Å². The molecule has 26 heavy (non-hydrogen) atoms. The van der Waals surface area contributed by atoms with Gasteiger partial charge in [0.25, 0.3) is 0 Å². The first-order valence-electron chi connectivity index (χ1n) is 10.5. The fourth-order valence-corrected chi connectivity index (χ4v) is 17.7. The van der Waals surface area contributed by atoms with Crippen LogP contribution in [0.4, 0.5) is 0 Å². The minimum atomic E-state index is -2.12. The molecule has 0 heterocycles. The van der Waals surface area contributed by atoms with Crippen LogP contribution in [0.5, 0.6) is 0 Å². The first-order chi connectivity index (χ1) is 12.8. The van der Waals surface area contributed by atoms with Crippen molar-refractivity contribution in [3.63, 3.8) is 0 Å². The summed E-state index contributed by atoms with van der Waals surface area (Å²) in [6, 6.07) is 10.1. The first kappa shape index (κ1) is 23.0.